The van der Waals surface area contributed by atoms with Gasteiger partial charge in [0.05, 0.1) is 6.42 Å². The largest absolute Gasteiger partial charge is 0.455 e. The van der Waals surface area contributed by atoms with Crippen LogP contribution in [0.2, 0.25) is 0 Å². The Morgan fingerprint density at radius 1 is 1.17 bits per heavy atom. The van der Waals surface area contributed by atoms with Gasteiger partial charge in [-0.2, -0.15) is 0 Å². The zero-order chi connectivity index (χ0) is 17.1. The number of rotatable bonds is 4. The summed E-state index contributed by atoms with van der Waals surface area (Å²) in [4.78, 5) is 26.0. The lowest BCUT2D eigenvalue weighted by atomic mass is 10.1. The number of halogens is 1. The van der Waals surface area contributed by atoms with Crippen molar-refractivity contribution in [3.05, 3.63) is 65.5 Å². The molecule has 2 aromatic rings. The fourth-order valence-corrected chi connectivity index (χ4v) is 2.98. The molecule has 0 fully saturated rings. The monoisotopic (exact) mass is 327 g/mol. The molecule has 4 nitrogen and oxygen atoms in total. The van der Waals surface area contributed by atoms with Crippen molar-refractivity contribution in [1.29, 1.82) is 0 Å². The van der Waals surface area contributed by atoms with Crippen LogP contribution < -0.4 is 4.90 Å². The van der Waals surface area contributed by atoms with Crippen LogP contribution in [0.4, 0.5) is 10.1 Å². The van der Waals surface area contributed by atoms with Gasteiger partial charge in [0.25, 0.3) is 5.91 Å². The highest BCUT2D eigenvalue weighted by Gasteiger charge is 2.30. The Kier molecular flexibility index (Phi) is 4.60. The number of anilines is 1. The lowest BCUT2D eigenvalue weighted by Crippen LogP contribution is -2.38. The van der Waals surface area contributed by atoms with E-state index in [1.165, 1.54) is 24.3 Å². The molecule has 0 aromatic heterocycles. The minimum atomic E-state index is -0.505. The molecule has 1 aliphatic heterocycles. The van der Waals surface area contributed by atoms with Gasteiger partial charge in [-0.15, -0.1) is 0 Å². The summed E-state index contributed by atoms with van der Waals surface area (Å²) in [5.74, 6) is -1.10. The average Bonchev–Trinajstić information content (AvgIpc) is 2.90. The molecule has 24 heavy (non-hydrogen) atoms. The summed E-state index contributed by atoms with van der Waals surface area (Å²) in [6, 6.07) is 13.4. The molecule has 124 valence electrons. The number of fused-ring (bicyclic) bond motifs is 1. The fourth-order valence-electron chi connectivity index (χ4n) is 2.98. The molecule has 0 saturated carbocycles. The first-order valence-electron chi connectivity index (χ1n) is 7.84. The third-order valence-electron chi connectivity index (χ3n) is 4.09. The fraction of sp³-hybridized carbons (Fsp3) is 0.263. The number of carbonyl (C=O) groups excluding carboxylic acids is 2. The van der Waals surface area contributed by atoms with E-state index in [0.717, 1.165) is 17.7 Å². The van der Waals surface area contributed by atoms with Crippen LogP contribution in [0.3, 0.4) is 0 Å². The summed E-state index contributed by atoms with van der Waals surface area (Å²) in [5.41, 5.74) is 2.65. The second-order valence-electron chi connectivity index (χ2n) is 5.91. The molecule has 0 N–H and O–H groups in total. The SMILES string of the molecule is CC1Cc2ccccc2N1C(=O)COC(=O)Cc1ccc(F)cc1. The van der Waals surface area contributed by atoms with Crippen molar-refractivity contribution < 1.29 is 18.7 Å². The van der Waals surface area contributed by atoms with Crippen LogP contribution in [0.1, 0.15) is 18.1 Å². The van der Waals surface area contributed by atoms with Crippen LogP contribution in [0.5, 0.6) is 0 Å². The maximum atomic E-state index is 12.8. The Morgan fingerprint density at radius 2 is 1.88 bits per heavy atom. The first-order valence-corrected chi connectivity index (χ1v) is 7.84. The zero-order valence-corrected chi connectivity index (χ0v) is 13.4. The van der Waals surface area contributed by atoms with Crippen LogP contribution in [-0.4, -0.2) is 24.5 Å². The molecule has 0 bridgehead atoms. The third kappa shape index (κ3) is 3.45. The van der Waals surface area contributed by atoms with E-state index in [-0.39, 0.29) is 30.8 Å². The van der Waals surface area contributed by atoms with Gasteiger partial charge < -0.3 is 9.64 Å². The van der Waals surface area contributed by atoms with E-state index in [4.69, 9.17) is 4.74 Å². The van der Waals surface area contributed by atoms with Gasteiger partial charge in [0.2, 0.25) is 0 Å². The molecule has 1 heterocycles. The first kappa shape index (κ1) is 16.2. The Bertz CT molecular complexity index is 757. The van der Waals surface area contributed by atoms with Gasteiger partial charge in [-0.1, -0.05) is 30.3 Å². The second-order valence-corrected chi connectivity index (χ2v) is 5.91. The number of para-hydroxylation sites is 1. The van der Waals surface area contributed by atoms with Crippen molar-refractivity contribution in [2.45, 2.75) is 25.8 Å². The first-order chi connectivity index (χ1) is 11.5. The molecule has 0 saturated heterocycles. The number of hydrogen-bond acceptors (Lipinski definition) is 3. The van der Waals surface area contributed by atoms with Gasteiger partial charge in [0.15, 0.2) is 6.61 Å². The van der Waals surface area contributed by atoms with Crippen molar-refractivity contribution in [3.8, 4) is 0 Å². The smallest absolute Gasteiger partial charge is 0.310 e. The highest BCUT2D eigenvalue weighted by atomic mass is 19.1. The minimum Gasteiger partial charge on any atom is -0.455 e. The number of amides is 1. The van der Waals surface area contributed by atoms with Crippen molar-refractivity contribution in [2.75, 3.05) is 11.5 Å². The molecule has 5 heteroatoms. The Balaban J connectivity index is 1.57. The number of hydrogen-bond donors (Lipinski definition) is 0. The van der Waals surface area contributed by atoms with Crippen LogP contribution >= 0.6 is 0 Å². The Hall–Kier alpha value is -2.69. The van der Waals surface area contributed by atoms with E-state index in [9.17, 15) is 14.0 Å². The number of benzene rings is 2. The summed E-state index contributed by atoms with van der Waals surface area (Å²) < 4.78 is 17.9. The van der Waals surface area contributed by atoms with E-state index in [1.54, 1.807) is 4.90 Å². The van der Waals surface area contributed by atoms with Crippen LogP contribution in [0.25, 0.3) is 0 Å². The lowest BCUT2D eigenvalue weighted by molar-refractivity contribution is -0.147. The molecule has 0 spiro atoms. The molecule has 0 aliphatic carbocycles. The van der Waals surface area contributed by atoms with Crippen LogP contribution in [-0.2, 0) is 27.2 Å². The molecular formula is C19H18FNO3. The maximum Gasteiger partial charge on any atom is 0.310 e. The lowest BCUT2D eigenvalue weighted by Gasteiger charge is -2.22. The minimum absolute atomic E-state index is 0.0136. The molecule has 3 rings (SSSR count). The third-order valence-corrected chi connectivity index (χ3v) is 4.09. The summed E-state index contributed by atoms with van der Waals surface area (Å²) in [5, 5.41) is 0. The summed E-state index contributed by atoms with van der Waals surface area (Å²) in [6.45, 7) is 1.68. The average molecular weight is 327 g/mol. The molecule has 0 radical (unpaired) electrons. The number of carbonyl (C=O) groups is 2. The Morgan fingerprint density at radius 3 is 2.62 bits per heavy atom. The van der Waals surface area contributed by atoms with Gasteiger partial charge >= 0.3 is 5.97 Å². The predicted octanol–water partition coefficient (Wildman–Crippen LogP) is 2.89. The van der Waals surface area contributed by atoms with E-state index in [1.807, 2.05) is 31.2 Å². The molecule has 1 amide bonds. The molecule has 1 aliphatic rings. The van der Waals surface area contributed by atoms with Gasteiger partial charge in [-0.3, -0.25) is 9.59 Å². The quantitative estimate of drug-likeness (QED) is 0.811. The number of esters is 1. The van der Waals surface area contributed by atoms with Crippen LogP contribution in [0.15, 0.2) is 48.5 Å². The summed E-state index contributed by atoms with van der Waals surface area (Å²) in [6.07, 6.45) is 0.811. The van der Waals surface area contributed by atoms with Crippen molar-refractivity contribution in [1.82, 2.24) is 0 Å². The zero-order valence-electron chi connectivity index (χ0n) is 13.4. The highest BCUT2D eigenvalue weighted by Crippen LogP contribution is 2.31. The highest BCUT2D eigenvalue weighted by molar-refractivity contribution is 5.97. The molecule has 1 unspecified atom stereocenters. The number of ether oxygens (including phenoxy) is 1. The number of nitrogens with zero attached hydrogens (tertiary/aromatic N) is 1. The topological polar surface area (TPSA) is 46.6 Å². The van der Waals surface area contributed by atoms with Crippen molar-refractivity contribution >= 4 is 17.6 Å². The molecular weight excluding hydrogens is 309 g/mol. The van der Waals surface area contributed by atoms with Gasteiger partial charge in [0.1, 0.15) is 5.82 Å². The Labute approximate surface area is 139 Å². The molecule has 2 aromatic carbocycles. The summed E-state index contributed by atoms with van der Waals surface area (Å²) >= 11 is 0. The van der Waals surface area contributed by atoms with E-state index in [2.05, 4.69) is 0 Å². The van der Waals surface area contributed by atoms with Crippen molar-refractivity contribution in [2.24, 2.45) is 0 Å². The second kappa shape index (κ2) is 6.83. The van der Waals surface area contributed by atoms with Crippen molar-refractivity contribution in [3.63, 3.8) is 0 Å². The summed E-state index contributed by atoms with van der Waals surface area (Å²) in [7, 11) is 0. The van der Waals surface area contributed by atoms with E-state index in [0.29, 0.717) is 5.56 Å². The maximum absolute atomic E-state index is 12.8. The van der Waals surface area contributed by atoms with Gasteiger partial charge in [-0.05, 0) is 42.7 Å². The molecule has 1 atom stereocenters. The van der Waals surface area contributed by atoms with E-state index < -0.39 is 5.97 Å². The normalized spacial score (nSPS) is 15.9. The predicted molar refractivity (Wildman–Crippen MR) is 88.2 cm³/mol. The van der Waals surface area contributed by atoms with Crippen LogP contribution in [0, 0.1) is 5.82 Å². The van der Waals surface area contributed by atoms with Gasteiger partial charge in [-0.25, -0.2) is 4.39 Å². The van der Waals surface area contributed by atoms with Gasteiger partial charge in [0, 0.05) is 11.7 Å². The van der Waals surface area contributed by atoms with E-state index >= 15 is 0 Å². The standard InChI is InChI=1S/C19H18FNO3/c1-13-10-15-4-2-3-5-17(15)21(13)18(22)12-24-19(23)11-14-6-8-16(20)9-7-14/h2-9,13H,10-12H2,1H3.